The van der Waals surface area contributed by atoms with Gasteiger partial charge >= 0.3 is 0 Å². The van der Waals surface area contributed by atoms with E-state index in [1.807, 2.05) is 31.2 Å². The van der Waals surface area contributed by atoms with Crippen LogP contribution in [0.3, 0.4) is 0 Å². The van der Waals surface area contributed by atoms with E-state index >= 15 is 0 Å². The van der Waals surface area contributed by atoms with Gasteiger partial charge in [0.15, 0.2) is 11.9 Å². The Hall–Kier alpha value is -1.61. The van der Waals surface area contributed by atoms with Crippen LogP contribution in [0, 0.1) is 6.92 Å². The number of aldehydes is 1. The zero-order valence-corrected chi connectivity index (χ0v) is 8.27. The van der Waals surface area contributed by atoms with Gasteiger partial charge in [-0.1, -0.05) is 6.08 Å². The van der Waals surface area contributed by atoms with Crippen LogP contribution in [0.4, 0.5) is 0 Å². The third kappa shape index (κ3) is 1.13. The van der Waals surface area contributed by atoms with Gasteiger partial charge in [-0.3, -0.25) is 4.79 Å². The number of fused-ring (bicyclic) bond motifs is 2. The summed E-state index contributed by atoms with van der Waals surface area (Å²) in [6.07, 6.45) is 6.17. The molecule has 3 nitrogen and oxygen atoms in total. The molecule has 2 unspecified atom stereocenters. The Labute approximate surface area is 87.0 Å². The predicted molar refractivity (Wildman–Crippen MR) is 54.2 cm³/mol. The fourth-order valence-electron chi connectivity index (χ4n) is 2.01. The van der Waals surface area contributed by atoms with Gasteiger partial charge in [0.05, 0.1) is 0 Å². The highest BCUT2D eigenvalue weighted by molar-refractivity contribution is 5.84. The Morgan fingerprint density at radius 1 is 1.47 bits per heavy atom. The molecule has 0 aromatic carbocycles. The molecule has 2 aliphatic heterocycles. The first kappa shape index (κ1) is 8.68. The molecule has 3 rings (SSSR count). The van der Waals surface area contributed by atoms with Crippen LogP contribution in [-0.2, 0) is 9.53 Å². The molecular formula is C12H10O3. The second kappa shape index (κ2) is 2.70. The molecule has 0 amide bonds. The highest BCUT2D eigenvalue weighted by Crippen LogP contribution is 2.40. The Morgan fingerprint density at radius 3 is 2.93 bits per heavy atom. The van der Waals surface area contributed by atoms with Gasteiger partial charge in [-0.05, 0) is 31.2 Å². The maximum atomic E-state index is 10.9. The first-order valence-electron chi connectivity index (χ1n) is 4.85. The highest BCUT2D eigenvalue weighted by atomic mass is 16.5. The molecule has 1 aromatic heterocycles. The largest absolute Gasteiger partial charge is 0.462 e. The van der Waals surface area contributed by atoms with E-state index in [2.05, 4.69) is 0 Å². The van der Waals surface area contributed by atoms with Crippen molar-refractivity contribution >= 4 is 11.9 Å². The van der Waals surface area contributed by atoms with Gasteiger partial charge in [0.25, 0.3) is 0 Å². The van der Waals surface area contributed by atoms with Gasteiger partial charge in [0.2, 0.25) is 0 Å². The summed E-state index contributed by atoms with van der Waals surface area (Å²) < 4.78 is 11.1. The fraction of sp³-hybridized carbons (Fsp3) is 0.250. The van der Waals surface area contributed by atoms with Gasteiger partial charge in [-0.2, -0.15) is 0 Å². The van der Waals surface area contributed by atoms with E-state index in [1.165, 1.54) is 0 Å². The van der Waals surface area contributed by atoms with Crippen LogP contribution in [0.25, 0.3) is 5.57 Å². The molecule has 0 saturated carbocycles. The number of aryl methyl sites for hydroxylation is 1. The minimum Gasteiger partial charge on any atom is -0.462 e. The molecule has 0 fully saturated rings. The van der Waals surface area contributed by atoms with Crippen molar-refractivity contribution in [2.75, 3.05) is 0 Å². The molecule has 0 aliphatic carbocycles. The number of carbonyl (C=O) groups excluding carboxylic acids is 1. The lowest BCUT2D eigenvalue weighted by molar-refractivity contribution is -0.119. The summed E-state index contributed by atoms with van der Waals surface area (Å²) in [6, 6.07) is 3.80. The van der Waals surface area contributed by atoms with Crippen molar-refractivity contribution < 1.29 is 13.9 Å². The topological polar surface area (TPSA) is 39.4 Å². The molecule has 0 radical (unpaired) electrons. The number of furan rings is 1. The Morgan fingerprint density at radius 2 is 2.33 bits per heavy atom. The molecule has 2 aliphatic rings. The summed E-state index contributed by atoms with van der Waals surface area (Å²) in [5.74, 6) is 1.64. The molecule has 76 valence electrons. The van der Waals surface area contributed by atoms with Crippen molar-refractivity contribution in [1.29, 1.82) is 0 Å². The van der Waals surface area contributed by atoms with Crippen molar-refractivity contribution in [3.05, 3.63) is 41.9 Å². The van der Waals surface area contributed by atoms with Crippen molar-refractivity contribution in [2.45, 2.75) is 18.6 Å². The second-order valence-corrected chi connectivity index (χ2v) is 3.88. The van der Waals surface area contributed by atoms with Crippen molar-refractivity contribution in [3.8, 4) is 0 Å². The third-order valence-electron chi connectivity index (χ3n) is 2.76. The summed E-state index contributed by atoms with van der Waals surface area (Å²) in [7, 11) is 0. The monoisotopic (exact) mass is 202 g/mol. The number of hydrogen-bond acceptors (Lipinski definition) is 3. The molecular weight excluding hydrogens is 192 g/mol. The summed E-state index contributed by atoms with van der Waals surface area (Å²) in [6.45, 7) is 1.89. The molecule has 2 bridgehead atoms. The minimum atomic E-state index is -0.847. The van der Waals surface area contributed by atoms with Gasteiger partial charge in [0.1, 0.15) is 17.6 Å². The Balaban J connectivity index is 2.04. The first-order chi connectivity index (χ1) is 7.22. The zero-order valence-electron chi connectivity index (χ0n) is 8.27. The van der Waals surface area contributed by atoms with E-state index in [1.54, 1.807) is 6.08 Å². The van der Waals surface area contributed by atoms with Crippen LogP contribution in [-0.4, -0.2) is 18.0 Å². The fourth-order valence-corrected chi connectivity index (χ4v) is 2.01. The van der Waals surface area contributed by atoms with E-state index in [9.17, 15) is 4.79 Å². The third-order valence-corrected chi connectivity index (χ3v) is 2.76. The maximum Gasteiger partial charge on any atom is 0.162 e. The van der Waals surface area contributed by atoms with E-state index in [-0.39, 0.29) is 6.10 Å². The quantitative estimate of drug-likeness (QED) is 0.543. The lowest BCUT2D eigenvalue weighted by Gasteiger charge is -2.09. The molecule has 0 spiro atoms. The van der Waals surface area contributed by atoms with Crippen LogP contribution >= 0.6 is 0 Å². The number of ether oxygens (including phenoxy) is 1. The molecule has 2 atom stereocenters. The van der Waals surface area contributed by atoms with E-state index in [0.717, 1.165) is 23.4 Å². The molecule has 15 heavy (non-hydrogen) atoms. The van der Waals surface area contributed by atoms with E-state index < -0.39 is 5.60 Å². The molecule has 3 heterocycles. The van der Waals surface area contributed by atoms with Crippen LogP contribution in [0.1, 0.15) is 11.5 Å². The first-order valence-corrected chi connectivity index (χ1v) is 4.85. The molecule has 0 saturated heterocycles. The van der Waals surface area contributed by atoms with Crippen LogP contribution in [0.5, 0.6) is 0 Å². The van der Waals surface area contributed by atoms with Gasteiger partial charge in [0, 0.05) is 5.57 Å². The Bertz CT molecular complexity index is 481. The lowest BCUT2D eigenvalue weighted by atomic mass is 9.96. The van der Waals surface area contributed by atoms with Crippen LogP contribution < -0.4 is 0 Å². The summed E-state index contributed by atoms with van der Waals surface area (Å²) in [4.78, 5) is 10.9. The minimum absolute atomic E-state index is 0.138. The lowest BCUT2D eigenvalue weighted by Crippen LogP contribution is -2.23. The normalized spacial score (nSPS) is 32.1. The number of carbonyl (C=O) groups is 1. The SMILES string of the molecule is Cc1ccc(C2=CC3(C=O)C=CC2O3)o1. The zero-order chi connectivity index (χ0) is 10.5. The summed E-state index contributed by atoms with van der Waals surface area (Å²) in [5, 5.41) is 0. The standard InChI is InChI=1S/C12H10O3/c1-8-2-3-10(14-8)9-6-12(7-13)5-4-11(9)15-12/h2-7,11H,1H3. The molecule has 0 N–H and O–H groups in total. The summed E-state index contributed by atoms with van der Waals surface area (Å²) in [5.41, 5.74) is 0.0958. The second-order valence-electron chi connectivity index (χ2n) is 3.88. The van der Waals surface area contributed by atoms with Gasteiger partial charge in [-0.25, -0.2) is 0 Å². The summed E-state index contributed by atoms with van der Waals surface area (Å²) >= 11 is 0. The predicted octanol–water partition coefficient (Wildman–Crippen LogP) is 1.88. The van der Waals surface area contributed by atoms with Gasteiger partial charge in [-0.15, -0.1) is 0 Å². The van der Waals surface area contributed by atoms with Crippen molar-refractivity contribution in [1.82, 2.24) is 0 Å². The number of rotatable bonds is 2. The number of hydrogen-bond donors (Lipinski definition) is 0. The molecule has 1 aromatic rings. The Kier molecular flexibility index (Phi) is 1.56. The average Bonchev–Trinajstić information content (AvgIpc) is 2.90. The maximum absolute atomic E-state index is 10.9. The van der Waals surface area contributed by atoms with E-state index in [4.69, 9.17) is 9.15 Å². The van der Waals surface area contributed by atoms with Crippen molar-refractivity contribution in [2.24, 2.45) is 0 Å². The molecule has 3 heteroatoms. The van der Waals surface area contributed by atoms with Crippen LogP contribution in [0.2, 0.25) is 0 Å². The van der Waals surface area contributed by atoms with Gasteiger partial charge < -0.3 is 9.15 Å². The van der Waals surface area contributed by atoms with Crippen molar-refractivity contribution in [3.63, 3.8) is 0 Å². The van der Waals surface area contributed by atoms with E-state index in [0.29, 0.717) is 0 Å². The average molecular weight is 202 g/mol. The van der Waals surface area contributed by atoms with Crippen LogP contribution in [0.15, 0.2) is 34.8 Å². The smallest absolute Gasteiger partial charge is 0.162 e. The highest BCUT2D eigenvalue weighted by Gasteiger charge is 2.43.